The van der Waals surface area contributed by atoms with Crippen molar-refractivity contribution in [3.05, 3.63) is 0 Å². The average Bonchev–Trinajstić information content (AvgIpc) is 2.29. The molecule has 0 aliphatic heterocycles. The lowest BCUT2D eigenvalue weighted by Gasteiger charge is -2.36. The molecule has 0 saturated heterocycles. The van der Waals surface area contributed by atoms with Gasteiger partial charge in [-0.15, -0.1) is 0 Å². The highest BCUT2D eigenvalue weighted by Gasteiger charge is 2.37. The maximum absolute atomic E-state index is 9.36. The Morgan fingerprint density at radius 2 is 2.29 bits per heavy atom. The molecule has 2 unspecified atom stereocenters. The molecule has 0 heterocycles. The van der Waals surface area contributed by atoms with Crippen molar-refractivity contribution in [1.82, 2.24) is 0 Å². The largest absolute Gasteiger partial charge is 0.396 e. The summed E-state index contributed by atoms with van der Waals surface area (Å²) < 4.78 is 5.75. The highest BCUT2D eigenvalue weighted by molar-refractivity contribution is 5.05. The summed E-state index contributed by atoms with van der Waals surface area (Å²) in [5.41, 5.74) is -0.576. The minimum atomic E-state index is -0.576. The lowest BCUT2D eigenvalue weighted by Crippen LogP contribution is -2.37. The summed E-state index contributed by atoms with van der Waals surface area (Å²) in [5.74, 6) is 1.31. The highest BCUT2D eigenvalue weighted by atomic mass is 16.5. The fraction of sp³-hybridized carbons (Fsp3) is 0.929. The van der Waals surface area contributed by atoms with Gasteiger partial charge < -0.3 is 9.84 Å². The quantitative estimate of drug-likeness (QED) is 0.725. The number of hydrogen-bond donors (Lipinski definition) is 1. The Labute approximate surface area is 105 Å². The van der Waals surface area contributed by atoms with Crippen molar-refractivity contribution in [2.75, 3.05) is 13.2 Å². The lowest BCUT2D eigenvalue weighted by molar-refractivity contribution is -0.0477. The predicted octanol–water partition coefficient (Wildman–Crippen LogP) is 2.88. The van der Waals surface area contributed by atoms with E-state index in [-0.39, 0.29) is 6.61 Å². The lowest BCUT2D eigenvalue weighted by atomic mass is 9.75. The number of ether oxygens (including phenoxy) is 1. The van der Waals surface area contributed by atoms with Crippen LogP contribution < -0.4 is 0 Å². The monoisotopic (exact) mass is 239 g/mol. The number of rotatable bonds is 6. The molecule has 0 aromatic rings. The van der Waals surface area contributed by atoms with E-state index in [2.05, 4.69) is 19.9 Å². The molecule has 3 nitrogen and oxygen atoms in total. The second-order valence-corrected chi connectivity index (χ2v) is 5.62. The van der Waals surface area contributed by atoms with Crippen LogP contribution in [0.1, 0.15) is 52.4 Å². The second-order valence-electron chi connectivity index (χ2n) is 5.62. The van der Waals surface area contributed by atoms with E-state index in [0.29, 0.717) is 24.9 Å². The molecule has 1 N–H and O–H groups in total. The Hall–Kier alpha value is -0.590. The van der Waals surface area contributed by atoms with Gasteiger partial charge in [0.25, 0.3) is 0 Å². The average molecular weight is 239 g/mol. The van der Waals surface area contributed by atoms with Gasteiger partial charge in [-0.2, -0.15) is 5.26 Å². The minimum Gasteiger partial charge on any atom is -0.396 e. The van der Waals surface area contributed by atoms with Crippen LogP contribution in [-0.4, -0.2) is 23.9 Å². The van der Waals surface area contributed by atoms with E-state index in [4.69, 9.17) is 9.84 Å². The summed E-state index contributed by atoms with van der Waals surface area (Å²) >= 11 is 0. The SMILES string of the molecule is CC(C)CC1CCCC(C#N)(OCCCO)C1. The third kappa shape index (κ3) is 4.65. The van der Waals surface area contributed by atoms with Crippen molar-refractivity contribution in [2.45, 2.75) is 58.0 Å². The van der Waals surface area contributed by atoms with Gasteiger partial charge in [0.2, 0.25) is 0 Å². The zero-order chi connectivity index (χ0) is 12.7. The summed E-state index contributed by atoms with van der Waals surface area (Å²) in [4.78, 5) is 0. The van der Waals surface area contributed by atoms with Crippen LogP contribution in [0.4, 0.5) is 0 Å². The molecule has 17 heavy (non-hydrogen) atoms. The molecule has 0 aromatic carbocycles. The molecule has 0 radical (unpaired) electrons. The fourth-order valence-corrected chi connectivity index (χ4v) is 2.81. The summed E-state index contributed by atoms with van der Waals surface area (Å²) in [6, 6.07) is 2.38. The van der Waals surface area contributed by atoms with E-state index in [9.17, 15) is 5.26 Å². The third-order valence-electron chi connectivity index (χ3n) is 3.50. The Kier molecular flexibility index (Phi) is 5.94. The number of hydrogen-bond acceptors (Lipinski definition) is 3. The van der Waals surface area contributed by atoms with Gasteiger partial charge in [0.05, 0.1) is 12.7 Å². The first kappa shape index (κ1) is 14.5. The summed E-state index contributed by atoms with van der Waals surface area (Å²) in [5, 5.41) is 18.1. The van der Waals surface area contributed by atoms with Crippen molar-refractivity contribution in [3.8, 4) is 6.07 Å². The van der Waals surface area contributed by atoms with Crippen molar-refractivity contribution in [2.24, 2.45) is 11.8 Å². The van der Waals surface area contributed by atoms with Gasteiger partial charge in [0, 0.05) is 6.61 Å². The van der Waals surface area contributed by atoms with Crippen LogP contribution in [0.15, 0.2) is 0 Å². The van der Waals surface area contributed by atoms with Gasteiger partial charge in [0.15, 0.2) is 5.60 Å². The van der Waals surface area contributed by atoms with E-state index < -0.39 is 5.60 Å². The first-order valence-corrected chi connectivity index (χ1v) is 6.78. The zero-order valence-electron chi connectivity index (χ0n) is 11.1. The van der Waals surface area contributed by atoms with Gasteiger partial charge in [0.1, 0.15) is 0 Å². The Balaban J connectivity index is 2.50. The maximum Gasteiger partial charge on any atom is 0.154 e. The molecule has 1 aliphatic rings. The number of aliphatic hydroxyl groups is 1. The molecule has 0 spiro atoms. The van der Waals surface area contributed by atoms with Crippen LogP contribution in [0.25, 0.3) is 0 Å². The summed E-state index contributed by atoms with van der Waals surface area (Å²) in [6.45, 7) is 5.10. The van der Waals surface area contributed by atoms with Crippen LogP contribution in [0.2, 0.25) is 0 Å². The van der Waals surface area contributed by atoms with Gasteiger partial charge in [-0.1, -0.05) is 20.3 Å². The van der Waals surface area contributed by atoms with Gasteiger partial charge in [-0.25, -0.2) is 0 Å². The molecule has 0 bridgehead atoms. The van der Waals surface area contributed by atoms with Crippen LogP contribution in [0.3, 0.4) is 0 Å². The van der Waals surface area contributed by atoms with Gasteiger partial charge in [-0.05, 0) is 43.9 Å². The number of nitrogens with zero attached hydrogens (tertiary/aromatic N) is 1. The Morgan fingerprint density at radius 3 is 2.88 bits per heavy atom. The first-order chi connectivity index (χ1) is 8.12. The van der Waals surface area contributed by atoms with Gasteiger partial charge in [-0.3, -0.25) is 0 Å². The van der Waals surface area contributed by atoms with Gasteiger partial charge >= 0.3 is 0 Å². The topological polar surface area (TPSA) is 53.2 Å². The first-order valence-electron chi connectivity index (χ1n) is 6.78. The second kappa shape index (κ2) is 6.98. The van der Waals surface area contributed by atoms with Crippen molar-refractivity contribution >= 4 is 0 Å². The smallest absolute Gasteiger partial charge is 0.154 e. The minimum absolute atomic E-state index is 0.136. The zero-order valence-corrected chi connectivity index (χ0v) is 11.1. The summed E-state index contributed by atoms with van der Waals surface area (Å²) in [7, 11) is 0. The molecule has 1 rings (SSSR count). The molecule has 1 aliphatic carbocycles. The van der Waals surface area contributed by atoms with E-state index in [1.807, 2.05) is 0 Å². The molecular weight excluding hydrogens is 214 g/mol. The molecule has 1 fully saturated rings. The van der Waals surface area contributed by atoms with E-state index in [0.717, 1.165) is 19.3 Å². The number of nitriles is 1. The Bertz CT molecular complexity index is 259. The normalized spacial score (nSPS) is 29.2. The Morgan fingerprint density at radius 1 is 1.53 bits per heavy atom. The maximum atomic E-state index is 9.36. The van der Waals surface area contributed by atoms with Crippen molar-refractivity contribution < 1.29 is 9.84 Å². The molecule has 0 aromatic heterocycles. The van der Waals surface area contributed by atoms with Crippen LogP contribution >= 0.6 is 0 Å². The summed E-state index contributed by atoms with van der Waals surface area (Å²) in [6.07, 6.45) is 5.84. The molecular formula is C14H25NO2. The fourth-order valence-electron chi connectivity index (χ4n) is 2.81. The standard InChI is InChI=1S/C14H25NO2/c1-12(2)9-13-5-3-6-14(10-13,11-15)17-8-4-7-16/h12-13,16H,3-10H2,1-2H3. The highest BCUT2D eigenvalue weighted by Crippen LogP contribution is 2.37. The molecule has 1 saturated carbocycles. The van der Waals surface area contributed by atoms with E-state index in [1.165, 1.54) is 12.8 Å². The third-order valence-corrected chi connectivity index (χ3v) is 3.50. The molecule has 0 amide bonds. The molecule has 2 atom stereocenters. The van der Waals surface area contributed by atoms with Crippen LogP contribution in [0.5, 0.6) is 0 Å². The van der Waals surface area contributed by atoms with Crippen LogP contribution in [-0.2, 0) is 4.74 Å². The van der Waals surface area contributed by atoms with Crippen LogP contribution in [0, 0.1) is 23.2 Å². The van der Waals surface area contributed by atoms with E-state index in [1.54, 1.807) is 0 Å². The molecule has 98 valence electrons. The van der Waals surface area contributed by atoms with Crippen molar-refractivity contribution in [3.63, 3.8) is 0 Å². The predicted molar refractivity (Wildman–Crippen MR) is 67.4 cm³/mol. The number of aliphatic hydroxyl groups excluding tert-OH is 1. The van der Waals surface area contributed by atoms with Crippen molar-refractivity contribution in [1.29, 1.82) is 5.26 Å². The molecule has 3 heteroatoms. The van der Waals surface area contributed by atoms with E-state index >= 15 is 0 Å².